The van der Waals surface area contributed by atoms with Gasteiger partial charge in [-0.3, -0.25) is 10.6 Å². The Bertz CT molecular complexity index is 436. The van der Waals surface area contributed by atoms with Gasteiger partial charge >= 0.3 is 6.09 Å². The van der Waals surface area contributed by atoms with E-state index < -0.39 is 17.5 Å². The SMILES string of the molecule is CC(C)(C)OC(=O)NCc1nnc(C(=N)NO)o1. The molecule has 0 aliphatic heterocycles. The fourth-order valence-corrected chi connectivity index (χ4v) is 0.936. The molecule has 1 aromatic heterocycles. The fourth-order valence-electron chi connectivity index (χ4n) is 0.936. The van der Waals surface area contributed by atoms with Gasteiger partial charge < -0.3 is 14.5 Å². The molecule has 18 heavy (non-hydrogen) atoms. The molecule has 4 N–H and O–H groups in total. The van der Waals surface area contributed by atoms with Crippen LogP contribution in [0.1, 0.15) is 32.6 Å². The zero-order chi connectivity index (χ0) is 13.8. The Hall–Kier alpha value is -2.16. The van der Waals surface area contributed by atoms with E-state index in [1.807, 2.05) is 0 Å². The molecular formula is C9H15N5O4. The minimum Gasteiger partial charge on any atom is -0.444 e. The van der Waals surface area contributed by atoms with Crippen molar-refractivity contribution in [3.63, 3.8) is 0 Å². The molecule has 1 rings (SSSR count). The number of amidine groups is 1. The van der Waals surface area contributed by atoms with Crippen molar-refractivity contribution < 1.29 is 19.2 Å². The smallest absolute Gasteiger partial charge is 0.408 e. The molecule has 1 aromatic rings. The maximum atomic E-state index is 11.3. The maximum absolute atomic E-state index is 11.3. The van der Waals surface area contributed by atoms with E-state index in [1.165, 1.54) is 0 Å². The predicted molar refractivity (Wildman–Crippen MR) is 59.1 cm³/mol. The van der Waals surface area contributed by atoms with E-state index in [0.717, 1.165) is 0 Å². The van der Waals surface area contributed by atoms with Crippen molar-refractivity contribution in [3.8, 4) is 0 Å². The monoisotopic (exact) mass is 257 g/mol. The van der Waals surface area contributed by atoms with Crippen LogP contribution in [-0.4, -0.2) is 32.9 Å². The first-order valence-electron chi connectivity index (χ1n) is 5.10. The van der Waals surface area contributed by atoms with Crippen LogP contribution in [0.15, 0.2) is 4.42 Å². The van der Waals surface area contributed by atoms with E-state index in [2.05, 4.69) is 15.5 Å². The zero-order valence-corrected chi connectivity index (χ0v) is 10.3. The Labute approximate surface area is 103 Å². The van der Waals surface area contributed by atoms with E-state index in [9.17, 15) is 4.79 Å². The molecule has 0 saturated carbocycles. The Morgan fingerprint density at radius 2 is 2.17 bits per heavy atom. The van der Waals surface area contributed by atoms with Crippen LogP contribution in [0.25, 0.3) is 0 Å². The highest BCUT2D eigenvalue weighted by molar-refractivity contribution is 5.90. The lowest BCUT2D eigenvalue weighted by Crippen LogP contribution is -2.32. The van der Waals surface area contributed by atoms with Gasteiger partial charge in [0.25, 0.3) is 5.89 Å². The fraction of sp³-hybridized carbons (Fsp3) is 0.556. The molecule has 100 valence electrons. The summed E-state index contributed by atoms with van der Waals surface area (Å²) in [6.07, 6.45) is -0.613. The largest absolute Gasteiger partial charge is 0.444 e. The number of hydrogen-bond donors (Lipinski definition) is 4. The molecule has 0 bridgehead atoms. The minimum absolute atomic E-state index is 0.0272. The topological polar surface area (TPSA) is 133 Å². The van der Waals surface area contributed by atoms with Crippen molar-refractivity contribution in [2.45, 2.75) is 32.9 Å². The van der Waals surface area contributed by atoms with Crippen LogP contribution in [0, 0.1) is 5.41 Å². The molecule has 0 fully saturated rings. The summed E-state index contributed by atoms with van der Waals surface area (Å²) in [7, 11) is 0. The summed E-state index contributed by atoms with van der Waals surface area (Å²) in [5.41, 5.74) is 0.975. The molecule has 9 heteroatoms. The number of amides is 1. The van der Waals surface area contributed by atoms with Crippen LogP contribution in [0.3, 0.4) is 0 Å². The normalized spacial score (nSPS) is 10.9. The molecular weight excluding hydrogens is 242 g/mol. The molecule has 0 spiro atoms. The average Bonchev–Trinajstić information content (AvgIpc) is 2.71. The van der Waals surface area contributed by atoms with Crippen molar-refractivity contribution >= 4 is 11.9 Å². The Morgan fingerprint density at radius 3 is 2.72 bits per heavy atom. The van der Waals surface area contributed by atoms with Crippen LogP contribution in [-0.2, 0) is 11.3 Å². The van der Waals surface area contributed by atoms with Crippen molar-refractivity contribution in [1.29, 1.82) is 5.41 Å². The highest BCUT2D eigenvalue weighted by Gasteiger charge is 2.17. The van der Waals surface area contributed by atoms with Gasteiger partial charge in [0.1, 0.15) is 5.60 Å². The van der Waals surface area contributed by atoms with Gasteiger partial charge in [-0.1, -0.05) is 0 Å². The van der Waals surface area contributed by atoms with Gasteiger partial charge in [0, 0.05) is 0 Å². The van der Waals surface area contributed by atoms with Crippen LogP contribution in [0.4, 0.5) is 4.79 Å². The molecule has 0 radical (unpaired) electrons. The first kappa shape index (κ1) is 13.9. The highest BCUT2D eigenvalue weighted by Crippen LogP contribution is 2.07. The molecule has 0 saturated heterocycles. The third-order valence-electron chi connectivity index (χ3n) is 1.58. The summed E-state index contributed by atoms with van der Waals surface area (Å²) in [5.74, 6) is -0.514. The highest BCUT2D eigenvalue weighted by atomic mass is 16.6. The van der Waals surface area contributed by atoms with E-state index in [4.69, 9.17) is 19.8 Å². The van der Waals surface area contributed by atoms with Gasteiger partial charge in [0.2, 0.25) is 11.7 Å². The number of aromatic nitrogens is 2. The molecule has 0 atom stereocenters. The molecule has 9 nitrogen and oxygen atoms in total. The standard InChI is InChI=1S/C9H15N5O4/c1-9(2,3)18-8(15)11-4-5-12-13-7(17-5)6(10)14-16/h16H,4H2,1-3H3,(H2,10,14)(H,11,15). The molecule has 0 unspecified atom stereocenters. The van der Waals surface area contributed by atoms with Gasteiger partial charge in [-0.05, 0) is 20.8 Å². The molecule has 1 amide bonds. The summed E-state index contributed by atoms with van der Waals surface area (Å²) in [6.45, 7) is 5.20. The Kier molecular flexibility index (Phi) is 4.21. The number of hydrogen-bond acceptors (Lipinski definition) is 7. The van der Waals surface area contributed by atoms with Crippen LogP contribution < -0.4 is 10.8 Å². The molecule has 0 aromatic carbocycles. The lowest BCUT2D eigenvalue weighted by atomic mass is 10.2. The predicted octanol–water partition coefficient (Wildman–Crippen LogP) is 0.398. The van der Waals surface area contributed by atoms with E-state index in [0.29, 0.717) is 0 Å². The van der Waals surface area contributed by atoms with Gasteiger partial charge in [0.15, 0.2) is 0 Å². The van der Waals surface area contributed by atoms with Gasteiger partial charge in [-0.2, -0.15) is 0 Å². The van der Waals surface area contributed by atoms with Crippen LogP contribution >= 0.6 is 0 Å². The maximum Gasteiger partial charge on any atom is 0.408 e. The number of nitrogens with zero attached hydrogens (tertiary/aromatic N) is 2. The quantitative estimate of drug-likeness (QED) is 0.350. The Morgan fingerprint density at radius 1 is 1.50 bits per heavy atom. The second kappa shape index (κ2) is 5.45. The van der Waals surface area contributed by atoms with Crippen LogP contribution in [0.2, 0.25) is 0 Å². The summed E-state index contributed by atoms with van der Waals surface area (Å²) in [6, 6.07) is 0. The number of carbonyl (C=O) groups excluding carboxylic acids is 1. The van der Waals surface area contributed by atoms with E-state index in [1.54, 1.807) is 26.3 Å². The zero-order valence-electron chi connectivity index (χ0n) is 10.3. The number of rotatable bonds is 3. The van der Waals surface area contributed by atoms with Crippen molar-refractivity contribution in [3.05, 3.63) is 11.8 Å². The number of nitrogens with one attached hydrogen (secondary N) is 3. The van der Waals surface area contributed by atoms with E-state index in [-0.39, 0.29) is 18.3 Å². The van der Waals surface area contributed by atoms with Crippen LogP contribution in [0.5, 0.6) is 0 Å². The third-order valence-corrected chi connectivity index (χ3v) is 1.58. The first-order chi connectivity index (χ1) is 8.31. The average molecular weight is 257 g/mol. The van der Waals surface area contributed by atoms with Crippen molar-refractivity contribution in [1.82, 2.24) is 21.0 Å². The lowest BCUT2D eigenvalue weighted by molar-refractivity contribution is 0.0519. The second-order valence-electron chi connectivity index (χ2n) is 4.34. The van der Waals surface area contributed by atoms with Crippen molar-refractivity contribution in [2.75, 3.05) is 0 Å². The number of carbonyl (C=O) groups is 1. The summed E-state index contributed by atoms with van der Waals surface area (Å²) in [4.78, 5) is 11.3. The number of ether oxygens (including phenoxy) is 1. The summed E-state index contributed by atoms with van der Waals surface area (Å²) < 4.78 is 9.98. The van der Waals surface area contributed by atoms with E-state index >= 15 is 0 Å². The van der Waals surface area contributed by atoms with Gasteiger partial charge in [0.05, 0.1) is 6.54 Å². The number of hydroxylamine groups is 1. The summed E-state index contributed by atoms with van der Waals surface area (Å²) in [5, 5.41) is 25.1. The summed E-state index contributed by atoms with van der Waals surface area (Å²) >= 11 is 0. The second-order valence-corrected chi connectivity index (χ2v) is 4.34. The molecule has 0 aliphatic carbocycles. The molecule has 1 heterocycles. The molecule has 0 aliphatic rings. The number of alkyl carbamates (subject to hydrolysis) is 1. The third kappa shape index (κ3) is 4.37. The first-order valence-corrected chi connectivity index (χ1v) is 5.10. The van der Waals surface area contributed by atoms with Gasteiger partial charge in [-0.15, -0.1) is 10.2 Å². The lowest BCUT2D eigenvalue weighted by Gasteiger charge is -2.19. The Balaban J connectivity index is 2.47. The minimum atomic E-state index is -0.613. The van der Waals surface area contributed by atoms with Crippen molar-refractivity contribution in [2.24, 2.45) is 0 Å². The van der Waals surface area contributed by atoms with Gasteiger partial charge in [-0.25, -0.2) is 10.3 Å².